The Morgan fingerprint density at radius 3 is 2.31 bits per heavy atom. The lowest BCUT2D eigenvalue weighted by molar-refractivity contribution is -0.122. The SMILES string of the molecule is CCC(NS(=O)(=O)c1ccc(F)cc1)C(=O)NCCc1ccc(OC)c(OC)c1. The second-order valence-corrected chi connectivity index (χ2v) is 7.98. The van der Waals surface area contributed by atoms with Crippen LogP contribution in [0.15, 0.2) is 47.4 Å². The molecular formula is C20H25FN2O5S. The van der Waals surface area contributed by atoms with Gasteiger partial charge in [0.2, 0.25) is 15.9 Å². The number of amides is 1. The minimum Gasteiger partial charge on any atom is -0.493 e. The van der Waals surface area contributed by atoms with E-state index in [0.717, 1.165) is 29.8 Å². The number of benzene rings is 2. The first-order valence-electron chi connectivity index (χ1n) is 9.07. The normalized spacial score (nSPS) is 12.3. The first-order valence-corrected chi connectivity index (χ1v) is 10.6. The summed E-state index contributed by atoms with van der Waals surface area (Å²) in [4.78, 5) is 12.3. The Balaban J connectivity index is 1.95. The number of hydrogen-bond acceptors (Lipinski definition) is 5. The summed E-state index contributed by atoms with van der Waals surface area (Å²) in [5.74, 6) is 0.235. The van der Waals surface area contributed by atoms with Crippen molar-refractivity contribution in [2.24, 2.45) is 0 Å². The van der Waals surface area contributed by atoms with Gasteiger partial charge in [0.25, 0.3) is 0 Å². The topological polar surface area (TPSA) is 93.7 Å². The van der Waals surface area contributed by atoms with Crippen molar-refractivity contribution in [1.82, 2.24) is 10.0 Å². The first kappa shape index (κ1) is 22.6. The number of hydrogen-bond donors (Lipinski definition) is 2. The molecule has 2 aromatic carbocycles. The van der Waals surface area contributed by atoms with E-state index in [1.807, 2.05) is 12.1 Å². The molecule has 0 aliphatic rings. The molecule has 0 spiro atoms. The number of sulfonamides is 1. The average Bonchev–Trinajstić information content (AvgIpc) is 2.72. The highest BCUT2D eigenvalue weighted by Gasteiger charge is 2.24. The lowest BCUT2D eigenvalue weighted by Crippen LogP contribution is -2.46. The van der Waals surface area contributed by atoms with Crippen LogP contribution in [0.3, 0.4) is 0 Å². The predicted molar refractivity (Wildman–Crippen MR) is 107 cm³/mol. The van der Waals surface area contributed by atoms with Crippen molar-refractivity contribution in [2.75, 3.05) is 20.8 Å². The van der Waals surface area contributed by atoms with Gasteiger partial charge in [0.05, 0.1) is 19.1 Å². The van der Waals surface area contributed by atoms with Crippen LogP contribution in [0, 0.1) is 5.82 Å². The number of halogens is 1. The van der Waals surface area contributed by atoms with Gasteiger partial charge in [0.1, 0.15) is 11.9 Å². The van der Waals surface area contributed by atoms with Gasteiger partial charge in [-0.2, -0.15) is 4.72 Å². The Morgan fingerprint density at radius 2 is 1.72 bits per heavy atom. The number of rotatable bonds is 10. The molecular weight excluding hydrogens is 399 g/mol. The maximum absolute atomic E-state index is 13.0. The van der Waals surface area contributed by atoms with Crippen molar-refractivity contribution >= 4 is 15.9 Å². The van der Waals surface area contributed by atoms with Crippen molar-refractivity contribution < 1.29 is 27.1 Å². The van der Waals surface area contributed by atoms with Crippen LogP contribution < -0.4 is 19.5 Å². The van der Waals surface area contributed by atoms with Gasteiger partial charge in [0, 0.05) is 6.54 Å². The Labute approximate surface area is 170 Å². The highest BCUT2D eigenvalue weighted by Crippen LogP contribution is 2.27. The summed E-state index contributed by atoms with van der Waals surface area (Å²) < 4.78 is 50.6. The molecule has 2 N–H and O–H groups in total. The van der Waals surface area contributed by atoms with E-state index >= 15 is 0 Å². The zero-order valence-electron chi connectivity index (χ0n) is 16.6. The second kappa shape index (κ2) is 10.2. The summed E-state index contributed by atoms with van der Waals surface area (Å²) in [7, 11) is -0.840. The molecule has 1 amide bonds. The van der Waals surface area contributed by atoms with Crippen LogP contribution in [0.5, 0.6) is 11.5 Å². The molecule has 2 rings (SSSR count). The van der Waals surface area contributed by atoms with Crippen LogP contribution in [-0.4, -0.2) is 41.1 Å². The van der Waals surface area contributed by atoms with Crippen LogP contribution in [0.4, 0.5) is 4.39 Å². The minimum absolute atomic E-state index is 0.101. The molecule has 2 aromatic rings. The van der Waals surface area contributed by atoms with E-state index in [2.05, 4.69) is 10.0 Å². The summed E-state index contributed by atoms with van der Waals surface area (Å²) in [6, 6.07) is 8.94. The average molecular weight is 424 g/mol. The molecule has 1 atom stereocenters. The first-order chi connectivity index (χ1) is 13.8. The van der Waals surface area contributed by atoms with E-state index in [0.29, 0.717) is 24.5 Å². The third-order valence-corrected chi connectivity index (χ3v) is 5.79. The Morgan fingerprint density at radius 1 is 1.07 bits per heavy atom. The Kier molecular flexibility index (Phi) is 7.98. The van der Waals surface area contributed by atoms with Crippen molar-refractivity contribution in [1.29, 1.82) is 0 Å². The molecule has 158 valence electrons. The quantitative estimate of drug-likeness (QED) is 0.610. The maximum Gasteiger partial charge on any atom is 0.241 e. The van der Waals surface area contributed by atoms with E-state index in [1.54, 1.807) is 27.2 Å². The van der Waals surface area contributed by atoms with Gasteiger partial charge in [-0.25, -0.2) is 12.8 Å². The summed E-state index contributed by atoms with van der Waals surface area (Å²) in [5, 5.41) is 2.73. The molecule has 0 bridgehead atoms. The van der Waals surface area contributed by atoms with E-state index in [9.17, 15) is 17.6 Å². The van der Waals surface area contributed by atoms with Gasteiger partial charge < -0.3 is 14.8 Å². The van der Waals surface area contributed by atoms with Crippen molar-refractivity contribution in [3.05, 3.63) is 53.8 Å². The number of carbonyl (C=O) groups excluding carboxylic acids is 1. The minimum atomic E-state index is -3.94. The molecule has 9 heteroatoms. The Hall–Kier alpha value is -2.65. The van der Waals surface area contributed by atoms with Crippen LogP contribution in [-0.2, 0) is 21.2 Å². The lowest BCUT2D eigenvalue weighted by atomic mass is 10.1. The maximum atomic E-state index is 13.0. The number of ether oxygens (including phenoxy) is 2. The highest BCUT2D eigenvalue weighted by molar-refractivity contribution is 7.89. The zero-order valence-corrected chi connectivity index (χ0v) is 17.4. The van der Waals surface area contributed by atoms with Crippen molar-refractivity contribution in [3.63, 3.8) is 0 Å². The zero-order chi connectivity index (χ0) is 21.4. The second-order valence-electron chi connectivity index (χ2n) is 6.27. The van der Waals surface area contributed by atoms with Gasteiger partial charge >= 0.3 is 0 Å². The summed E-state index contributed by atoms with van der Waals surface area (Å²) in [6.45, 7) is 2.02. The van der Waals surface area contributed by atoms with Crippen LogP contribution in [0.25, 0.3) is 0 Å². The molecule has 0 aromatic heterocycles. The van der Waals surface area contributed by atoms with E-state index in [4.69, 9.17) is 9.47 Å². The fourth-order valence-corrected chi connectivity index (χ4v) is 3.96. The lowest BCUT2D eigenvalue weighted by Gasteiger charge is -2.17. The van der Waals surface area contributed by atoms with Crippen molar-refractivity contribution in [3.8, 4) is 11.5 Å². The van der Waals surface area contributed by atoms with Gasteiger partial charge in [-0.15, -0.1) is 0 Å². The van der Waals surface area contributed by atoms with Crippen LogP contribution in [0.1, 0.15) is 18.9 Å². The summed E-state index contributed by atoms with van der Waals surface area (Å²) in [5.41, 5.74) is 0.933. The van der Waals surface area contributed by atoms with E-state index in [-0.39, 0.29) is 11.3 Å². The molecule has 29 heavy (non-hydrogen) atoms. The standard InChI is InChI=1S/C20H25FN2O5S/c1-4-17(23-29(25,26)16-8-6-15(21)7-9-16)20(24)22-12-11-14-5-10-18(27-2)19(13-14)28-3/h5-10,13,17,23H,4,11-12H2,1-3H3,(H,22,24). The molecule has 0 fully saturated rings. The third-order valence-electron chi connectivity index (χ3n) is 4.31. The van der Waals surface area contributed by atoms with Crippen LogP contribution in [0.2, 0.25) is 0 Å². The monoisotopic (exact) mass is 424 g/mol. The van der Waals surface area contributed by atoms with Crippen molar-refractivity contribution in [2.45, 2.75) is 30.7 Å². The third kappa shape index (κ3) is 6.16. The van der Waals surface area contributed by atoms with E-state index in [1.165, 1.54) is 0 Å². The Bertz CT molecular complexity index is 932. The van der Waals surface area contributed by atoms with Gasteiger partial charge in [-0.3, -0.25) is 4.79 Å². The number of nitrogens with one attached hydrogen (secondary N) is 2. The van der Waals surface area contributed by atoms with Crippen LogP contribution >= 0.6 is 0 Å². The molecule has 0 saturated heterocycles. The largest absolute Gasteiger partial charge is 0.493 e. The molecule has 7 nitrogen and oxygen atoms in total. The predicted octanol–water partition coefficient (Wildman–Crippen LogP) is 2.26. The fourth-order valence-electron chi connectivity index (χ4n) is 2.68. The fraction of sp³-hybridized carbons (Fsp3) is 0.350. The van der Waals surface area contributed by atoms with Gasteiger partial charge in [-0.1, -0.05) is 13.0 Å². The number of carbonyl (C=O) groups is 1. The molecule has 0 aliphatic carbocycles. The van der Waals surface area contributed by atoms with Gasteiger partial charge in [0.15, 0.2) is 11.5 Å². The highest BCUT2D eigenvalue weighted by atomic mass is 32.2. The molecule has 0 radical (unpaired) electrons. The molecule has 0 aliphatic heterocycles. The van der Waals surface area contributed by atoms with Gasteiger partial charge in [-0.05, 0) is 54.8 Å². The summed E-state index contributed by atoms with van der Waals surface area (Å²) in [6.07, 6.45) is 0.801. The molecule has 0 heterocycles. The smallest absolute Gasteiger partial charge is 0.241 e. The molecule has 0 saturated carbocycles. The number of methoxy groups -OCH3 is 2. The molecule has 1 unspecified atom stereocenters. The van der Waals surface area contributed by atoms with E-state index < -0.39 is 27.8 Å². The summed E-state index contributed by atoms with van der Waals surface area (Å²) >= 11 is 0.